The van der Waals surface area contributed by atoms with E-state index in [-0.39, 0.29) is 5.91 Å². The Labute approximate surface area is 84.7 Å². The van der Waals surface area contributed by atoms with Crippen molar-refractivity contribution in [2.45, 2.75) is 51.7 Å². The highest BCUT2D eigenvalue weighted by Crippen LogP contribution is 1.99. The van der Waals surface area contributed by atoms with E-state index in [9.17, 15) is 14.7 Å². The molecule has 0 saturated heterocycles. The molecule has 14 heavy (non-hydrogen) atoms. The van der Waals surface area contributed by atoms with Crippen LogP contribution in [0, 0.1) is 0 Å². The first-order valence-electron chi connectivity index (χ1n) is 5.08. The van der Waals surface area contributed by atoms with Crippen LogP contribution in [0.3, 0.4) is 0 Å². The fourth-order valence-electron chi connectivity index (χ4n) is 1.14. The Morgan fingerprint density at radius 2 is 2.14 bits per heavy atom. The van der Waals surface area contributed by atoms with E-state index in [0.29, 0.717) is 19.1 Å². The standard InChI is InChI=1S/C10H19NO3/c1-3-5-6-10(14)11-8(4-2)9(13)7-12/h7-9,13H,3-6H2,1-2H3,(H,11,14). The summed E-state index contributed by atoms with van der Waals surface area (Å²) in [5.74, 6) is -0.0976. The fourth-order valence-corrected chi connectivity index (χ4v) is 1.14. The number of carbonyl (C=O) groups is 2. The lowest BCUT2D eigenvalue weighted by molar-refractivity contribution is -0.124. The van der Waals surface area contributed by atoms with Gasteiger partial charge in [0.05, 0.1) is 6.04 Å². The monoisotopic (exact) mass is 201 g/mol. The molecule has 0 bridgehead atoms. The van der Waals surface area contributed by atoms with Gasteiger partial charge in [-0.05, 0) is 12.8 Å². The summed E-state index contributed by atoms with van der Waals surface area (Å²) in [4.78, 5) is 21.6. The number of hydrogen-bond donors (Lipinski definition) is 2. The summed E-state index contributed by atoms with van der Waals surface area (Å²) in [6, 6.07) is -0.447. The van der Waals surface area contributed by atoms with Gasteiger partial charge in [0.2, 0.25) is 5.91 Å². The van der Waals surface area contributed by atoms with E-state index >= 15 is 0 Å². The average Bonchev–Trinajstić information content (AvgIpc) is 2.21. The van der Waals surface area contributed by atoms with Crippen LogP contribution in [-0.2, 0) is 9.59 Å². The molecule has 0 radical (unpaired) electrons. The summed E-state index contributed by atoms with van der Waals surface area (Å²) in [7, 11) is 0. The third kappa shape index (κ3) is 4.97. The fraction of sp³-hybridized carbons (Fsp3) is 0.800. The quantitative estimate of drug-likeness (QED) is 0.594. The largest absolute Gasteiger partial charge is 0.383 e. The zero-order valence-electron chi connectivity index (χ0n) is 8.82. The van der Waals surface area contributed by atoms with E-state index in [0.717, 1.165) is 12.8 Å². The van der Waals surface area contributed by atoms with Crippen molar-refractivity contribution in [3.8, 4) is 0 Å². The molecule has 0 spiro atoms. The summed E-state index contributed by atoms with van der Waals surface area (Å²) >= 11 is 0. The maximum atomic E-state index is 11.3. The van der Waals surface area contributed by atoms with Crippen LogP contribution in [0.2, 0.25) is 0 Å². The van der Waals surface area contributed by atoms with Crippen molar-refractivity contribution in [1.29, 1.82) is 0 Å². The molecule has 0 rings (SSSR count). The molecule has 2 atom stereocenters. The Balaban J connectivity index is 3.91. The molecule has 0 aliphatic heterocycles. The van der Waals surface area contributed by atoms with Crippen LogP contribution in [-0.4, -0.2) is 29.4 Å². The second kappa shape index (κ2) is 7.50. The molecule has 0 aromatic heterocycles. The maximum Gasteiger partial charge on any atom is 0.220 e. The summed E-state index contributed by atoms with van der Waals surface area (Å²) in [6.07, 6.45) is 2.16. The minimum atomic E-state index is -1.09. The second-order valence-corrected chi connectivity index (χ2v) is 3.31. The molecule has 0 heterocycles. The minimum Gasteiger partial charge on any atom is -0.383 e. The van der Waals surface area contributed by atoms with Gasteiger partial charge in [0.15, 0.2) is 6.29 Å². The number of carbonyl (C=O) groups excluding carboxylic acids is 2. The number of amides is 1. The van der Waals surface area contributed by atoms with Gasteiger partial charge in [-0.2, -0.15) is 0 Å². The van der Waals surface area contributed by atoms with E-state index in [1.807, 2.05) is 13.8 Å². The van der Waals surface area contributed by atoms with Crippen molar-refractivity contribution >= 4 is 12.2 Å². The lowest BCUT2D eigenvalue weighted by atomic mass is 10.1. The topological polar surface area (TPSA) is 66.4 Å². The lowest BCUT2D eigenvalue weighted by Crippen LogP contribution is -2.43. The highest BCUT2D eigenvalue weighted by Gasteiger charge is 2.17. The lowest BCUT2D eigenvalue weighted by Gasteiger charge is -2.18. The maximum absolute atomic E-state index is 11.3. The third-order valence-electron chi connectivity index (χ3n) is 2.10. The van der Waals surface area contributed by atoms with Gasteiger partial charge in [-0.3, -0.25) is 4.79 Å². The highest BCUT2D eigenvalue weighted by molar-refractivity contribution is 5.76. The molecule has 0 fully saturated rings. The number of rotatable bonds is 7. The molecule has 0 aromatic carbocycles. The SMILES string of the molecule is CCCCC(=O)NC(CC)C(O)C=O. The van der Waals surface area contributed by atoms with Crippen LogP contribution < -0.4 is 5.32 Å². The van der Waals surface area contributed by atoms with Crippen molar-refractivity contribution in [2.24, 2.45) is 0 Å². The van der Waals surface area contributed by atoms with Crippen LogP contribution >= 0.6 is 0 Å². The number of aliphatic hydroxyl groups is 1. The smallest absolute Gasteiger partial charge is 0.220 e. The van der Waals surface area contributed by atoms with Crippen molar-refractivity contribution in [2.75, 3.05) is 0 Å². The molecule has 0 aliphatic carbocycles. The Hall–Kier alpha value is -0.900. The third-order valence-corrected chi connectivity index (χ3v) is 2.10. The van der Waals surface area contributed by atoms with Crippen LogP contribution in [0.1, 0.15) is 39.5 Å². The molecule has 4 heteroatoms. The first kappa shape index (κ1) is 13.1. The average molecular weight is 201 g/mol. The number of aliphatic hydroxyl groups excluding tert-OH is 1. The molecule has 0 aliphatic rings. The van der Waals surface area contributed by atoms with Crippen LogP contribution in [0.25, 0.3) is 0 Å². The van der Waals surface area contributed by atoms with Crippen molar-refractivity contribution in [3.63, 3.8) is 0 Å². The van der Waals surface area contributed by atoms with Gasteiger partial charge < -0.3 is 15.2 Å². The summed E-state index contributed by atoms with van der Waals surface area (Å²) < 4.78 is 0. The Morgan fingerprint density at radius 3 is 2.57 bits per heavy atom. The second-order valence-electron chi connectivity index (χ2n) is 3.31. The van der Waals surface area contributed by atoms with Gasteiger partial charge in [0.1, 0.15) is 6.10 Å². The Morgan fingerprint density at radius 1 is 1.50 bits per heavy atom. The molecule has 4 nitrogen and oxygen atoms in total. The molecule has 2 unspecified atom stereocenters. The van der Waals surface area contributed by atoms with Gasteiger partial charge in [-0.1, -0.05) is 20.3 Å². The van der Waals surface area contributed by atoms with Gasteiger partial charge in [-0.15, -0.1) is 0 Å². The van der Waals surface area contributed by atoms with E-state index < -0.39 is 12.1 Å². The molecule has 0 aromatic rings. The molecule has 0 saturated carbocycles. The van der Waals surface area contributed by atoms with Crippen molar-refractivity contribution in [3.05, 3.63) is 0 Å². The van der Waals surface area contributed by atoms with Gasteiger partial charge in [0.25, 0.3) is 0 Å². The number of nitrogens with one attached hydrogen (secondary N) is 1. The zero-order valence-corrected chi connectivity index (χ0v) is 8.82. The molecule has 2 N–H and O–H groups in total. The van der Waals surface area contributed by atoms with Gasteiger partial charge in [-0.25, -0.2) is 0 Å². The summed E-state index contributed by atoms with van der Waals surface area (Å²) in [5.41, 5.74) is 0. The predicted molar refractivity (Wildman–Crippen MR) is 53.8 cm³/mol. The van der Waals surface area contributed by atoms with Gasteiger partial charge in [0, 0.05) is 6.42 Å². The van der Waals surface area contributed by atoms with E-state index in [1.165, 1.54) is 0 Å². The summed E-state index contributed by atoms with van der Waals surface area (Å²) in [6.45, 7) is 3.82. The van der Waals surface area contributed by atoms with E-state index in [2.05, 4.69) is 5.32 Å². The first-order valence-corrected chi connectivity index (χ1v) is 5.08. The van der Waals surface area contributed by atoms with Crippen LogP contribution in [0.5, 0.6) is 0 Å². The zero-order chi connectivity index (χ0) is 11.0. The summed E-state index contributed by atoms with van der Waals surface area (Å²) in [5, 5.41) is 11.8. The number of unbranched alkanes of at least 4 members (excludes halogenated alkanes) is 1. The highest BCUT2D eigenvalue weighted by atomic mass is 16.3. The van der Waals surface area contributed by atoms with Crippen molar-refractivity contribution in [1.82, 2.24) is 5.32 Å². The van der Waals surface area contributed by atoms with E-state index in [1.54, 1.807) is 0 Å². The molecular formula is C10H19NO3. The predicted octanol–water partition coefficient (Wildman–Crippen LogP) is 0.631. The van der Waals surface area contributed by atoms with Gasteiger partial charge >= 0.3 is 0 Å². The Kier molecular flexibility index (Phi) is 7.02. The number of hydrogen-bond acceptors (Lipinski definition) is 3. The van der Waals surface area contributed by atoms with Crippen LogP contribution in [0.4, 0.5) is 0 Å². The minimum absolute atomic E-state index is 0.0976. The number of aldehydes is 1. The molecular weight excluding hydrogens is 182 g/mol. The Bertz CT molecular complexity index is 182. The molecule has 1 amide bonds. The van der Waals surface area contributed by atoms with Crippen LogP contribution in [0.15, 0.2) is 0 Å². The molecule has 82 valence electrons. The first-order chi connectivity index (χ1) is 6.65. The van der Waals surface area contributed by atoms with E-state index in [4.69, 9.17) is 0 Å². The van der Waals surface area contributed by atoms with Crippen molar-refractivity contribution < 1.29 is 14.7 Å². The normalized spacial score (nSPS) is 14.5.